The third kappa shape index (κ3) is 5.00. The fraction of sp³-hybridized carbons (Fsp3) is 0.625. The topological polar surface area (TPSA) is 15.3 Å². The maximum absolute atomic E-state index is 12.8. The molecule has 1 saturated heterocycles. The van der Waals surface area contributed by atoms with Gasteiger partial charge in [0.15, 0.2) is 0 Å². The third-order valence-corrected chi connectivity index (χ3v) is 3.79. The Bertz CT molecular complexity index is 447. The Morgan fingerprint density at radius 2 is 1.76 bits per heavy atom. The molecule has 2 rings (SSSR count). The van der Waals surface area contributed by atoms with E-state index in [1.807, 2.05) is 0 Å². The molecule has 0 spiro atoms. The van der Waals surface area contributed by atoms with E-state index in [1.165, 1.54) is 12.1 Å². The zero-order chi connectivity index (χ0) is 15.5. The molecular weight excluding hydrogens is 277 g/mol. The number of nitrogens with one attached hydrogen (secondary N) is 1. The lowest BCUT2D eigenvalue weighted by atomic mass is 10.0. The molecule has 0 amide bonds. The van der Waals surface area contributed by atoms with Gasteiger partial charge in [0.1, 0.15) is 0 Å². The lowest BCUT2D eigenvalue weighted by Crippen LogP contribution is -2.42. The molecule has 1 aliphatic rings. The Labute approximate surface area is 124 Å². The second-order valence-electron chi connectivity index (χ2n) is 6.26. The van der Waals surface area contributed by atoms with E-state index in [4.69, 9.17) is 0 Å². The van der Waals surface area contributed by atoms with Crippen molar-refractivity contribution in [3.63, 3.8) is 0 Å². The van der Waals surface area contributed by atoms with Gasteiger partial charge in [-0.05, 0) is 36.6 Å². The summed E-state index contributed by atoms with van der Waals surface area (Å²) in [6.45, 7) is 8.66. The molecule has 0 bridgehead atoms. The highest BCUT2D eigenvalue weighted by molar-refractivity contribution is 5.25. The SMILES string of the molecule is CC1CNCC(C)CN(Cc2cccc(C(F)(F)F)c2)C1. The van der Waals surface area contributed by atoms with Gasteiger partial charge < -0.3 is 5.32 Å². The fourth-order valence-corrected chi connectivity index (χ4v) is 2.89. The maximum atomic E-state index is 12.8. The lowest BCUT2D eigenvalue weighted by Gasteiger charge is -2.32. The van der Waals surface area contributed by atoms with E-state index in [0.717, 1.165) is 37.8 Å². The fourth-order valence-electron chi connectivity index (χ4n) is 2.89. The Morgan fingerprint density at radius 3 is 2.33 bits per heavy atom. The Morgan fingerprint density at radius 1 is 1.14 bits per heavy atom. The van der Waals surface area contributed by atoms with Crippen LogP contribution in [0, 0.1) is 11.8 Å². The van der Waals surface area contributed by atoms with Crippen molar-refractivity contribution in [3.8, 4) is 0 Å². The van der Waals surface area contributed by atoms with Gasteiger partial charge in [0.25, 0.3) is 0 Å². The van der Waals surface area contributed by atoms with Crippen LogP contribution in [-0.2, 0) is 12.7 Å². The first-order valence-electron chi connectivity index (χ1n) is 7.44. The summed E-state index contributed by atoms with van der Waals surface area (Å²) >= 11 is 0. The van der Waals surface area contributed by atoms with Crippen LogP contribution in [0.4, 0.5) is 13.2 Å². The molecule has 1 aliphatic heterocycles. The number of hydrogen-bond acceptors (Lipinski definition) is 2. The summed E-state index contributed by atoms with van der Waals surface area (Å²) in [5.41, 5.74) is 0.174. The predicted molar refractivity (Wildman–Crippen MR) is 77.9 cm³/mol. The summed E-state index contributed by atoms with van der Waals surface area (Å²) in [5, 5.41) is 3.42. The number of halogens is 3. The van der Waals surface area contributed by atoms with E-state index >= 15 is 0 Å². The van der Waals surface area contributed by atoms with E-state index < -0.39 is 11.7 Å². The quantitative estimate of drug-likeness (QED) is 0.901. The van der Waals surface area contributed by atoms with Gasteiger partial charge in [-0.1, -0.05) is 32.0 Å². The first-order chi connectivity index (χ1) is 9.84. The first kappa shape index (κ1) is 16.3. The van der Waals surface area contributed by atoms with Crippen LogP contribution in [-0.4, -0.2) is 31.1 Å². The van der Waals surface area contributed by atoms with Crippen LogP contribution in [0.5, 0.6) is 0 Å². The van der Waals surface area contributed by atoms with Crippen molar-refractivity contribution in [2.24, 2.45) is 11.8 Å². The van der Waals surface area contributed by atoms with Gasteiger partial charge >= 0.3 is 6.18 Å². The van der Waals surface area contributed by atoms with Crippen LogP contribution in [0.25, 0.3) is 0 Å². The number of rotatable bonds is 2. The Hall–Kier alpha value is -1.07. The molecule has 1 heterocycles. The van der Waals surface area contributed by atoms with Gasteiger partial charge in [-0.3, -0.25) is 4.90 Å². The van der Waals surface area contributed by atoms with Crippen molar-refractivity contribution in [1.29, 1.82) is 0 Å². The van der Waals surface area contributed by atoms with Crippen LogP contribution in [0.15, 0.2) is 24.3 Å². The molecule has 0 aliphatic carbocycles. The maximum Gasteiger partial charge on any atom is 0.416 e. The van der Waals surface area contributed by atoms with E-state index in [-0.39, 0.29) is 0 Å². The normalized spacial score (nSPS) is 25.4. The molecule has 1 fully saturated rings. The standard InChI is InChI=1S/C16H23F3N2/c1-12-7-20-8-13(2)10-21(9-12)11-14-4-3-5-15(6-14)16(17,18)19/h3-6,12-13,20H,7-11H2,1-2H3. The van der Waals surface area contributed by atoms with Crippen LogP contribution in [0.2, 0.25) is 0 Å². The van der Waals surface area contributed by atoms with E-state index in [2.05, 4.69) is 24.1 Å². The number of nitrogens with zero attached hydrogens (tertiary/aromatic N) is 1. The molecular formula is C16H23F3N2. The molecule has 5 heteroatoms. The van der Waals surface area contributed by atoms with Crippen LogP contribution in [0.3, 0.4) is 0 Å². The van der Waals surface area contributed by atoms with Crippen molar-refractivity contribution in [2.45, 2.75) is 26.6 Å². The molecule has 0 aromatic heterocycles. The lowest BCUT2D eigenvalue weighted by molar-refractivity contribution is -0.137. The van der Waals surface area contributed by atoms with Crippen molar-refractivity contribution in [1.82, 2.24) is 10.2 Å². The molecule has 2 unspecified atom stereocenters. The van der Waals surface area contributed by atoms with Crippen molar-refractivity contribution in [3.05, 3.63) is 35.4 Å². The summed E-state index contributed by atoms with van der Waals surface area (Å²) in [5.74, 6) is 1.01. The molecule has 1 aromatic carbocycles. The summed E-state index contributed by atoms with van der Waals surface area (Å²) in [6, 6.07) is 5.68. The van der Waals surface area contributed by atoms with Crippen LogP contribution < -0.4 is 5.32 Å². The summed E-state index contributed by atoms with van der Waals surface area (Å²) in [6.07, 6.45) is -4.27. The van der Waals surface area contributed by atoms with Gasteiger partial charge in [0, 0.05) is 19.6 Å². The molecule has 21 heavy (non-hydrogen) atoms. The Kier molecular flexibility index (Phi) is 5.27. The van der Waals surface area contributed by atoms with Gasteiger partial charge in [0.2, 0.25) is 0 Å². The summed E-state index contributed by atoms with van der Waals surface area (Å²) < 4.78 is 38.3. The number of alkyl halides is 3. The molecule has 118 valence electrons. The van der Waals surface area contributed by atoms with Gasteiger partial charge in [-0.25, -0.2) is 0 Å². The van der Waals surface area contributed by atoms with Crippen molar-refractivity contribution in [2.75, 3.05) is 26.2 Å². The van der Waals surface area contributed by atoms with Crippen LogP contribution in [0.1, 0.15) is 25.0 Å². The first-order valence-corrected chi connectivity index (χ1v) is 7.44. The molecule has 1 aromatic rings. The highest BCUT2D eigenvalue weighted by Gasteiger charge is 2.30. The minimum atomic E-state index is -4.27. The van der Waals surface area contributed by atoms with E-state index in [0.29, 0.717) is 18.4 Å². The third-order valence-electron chi connectivity index (χ3n) is 3.79. The molecule has 2 nitrogen and oxygen atoms in total. The minimum absolute atomic E-state index is 0.503. The Balaban J connectivity index is 2.08. The van der Waals surface area contributed by atoms with Gasteiger partial charge in [-0.2, -0.15) is 13.2 Å². The smallest absolute Gasteiger partial charge is 0.316 e. The predicted octanol–water partition coefficient (Wildman–Crippen LogP) is 3.38. The van der Waals surface area contributed by atoms with Gasteiger partial charge in [0.05, 0.1) is 5.56 Å². The molecule has 0 saturated carbocycles. The molecule has 1 N–H and O–H groups in total. The number of benzene rings is 1. The minimum Gasteiger partial charge on any atom is -0.316 e. The van der Waals surface area contributed by atoms with Crippen molar-refractivity contribution < 1.29 is 13.2 Å². The average molecular weight is 300 g/mol. The zero-order valence-electron chi connectivity index (χ0n) is 12.6. The molecule has 2 atom stereocenters. The summed E-state index contributed by atoms with van der Waals surface area (Å²) in [4.78, 5) is 2.27. The highest BCUT2D eigenvalue weighted by atomic mass is 19.4. The zero-order valence-corrected chi connectivity index (χ0v) is 12.6. The largest absolute Gasteiger partial charge is 0.416 e. The van der Waals surface area contributed by atoms with Crippen molar-refractivity contribution >= 4 is 0 Å². The highest BCUT2D eigenvalue weighted by Crippen LogP contribution is 2.29. The molecule has 0 radical (unpaired) electrons. The van der Waals surface area contributed by atoms with E-state index in [9.17, 15) is 13.2 Å². The average Bonchev–Trinajstić information content (AvgIpc) is 2.36. The number of hydrogen-bond donors (Lipinski definition) is 1. The second kappa shape index (κ2) is 6.79. The van der Waals surface area contributed by atoms with Crippen LogP contribution >= 0.6 is 0 Å². The van der Waals surface area contributed by atoms with E-state index in [1.54, 1.807) is 6.07 Å². The van der Waals surface area contributed by atoms with Gasteiger partial charge in [-0.15, -0.1) is 0 Å². The monoisotopic (exact) mass is 300 g/mol. The summed E-state index contributed by atoms with van der Waals surface area (Å²) in [7, 11) is 0. The second-order valence-corrected chi connectivity index (χ2v) is 6.26.